The fraction of sp³-hybridized carbons (Fsp3) is 0.462. The number of halogens is 1. The molecule has 0 unspecified atom stereocenters. The molecule has 2 N–H and O–H groups in total. The highest BCUT2D eigenvalue weighted by molar-refractivity contribution is 7.99. The minimum atomic E-state index is -0.131. The van der Waals surface area contributed by atoms with Crippen molar-refractivity contribution >= 4 is 29.3 Å². The Balaban J connectivity index is 2.25. The molecule has 5 heteroatoms. The number of hydrogen-bond donors (Lipinski definition) is 2. The number of carbonyl (C=O) groups is 1. The molecule has 0 saturated heterocycles. The number of aliphatic hydroxyl groups excluding tert-OH is 1. The van der Waals surface area contributed by atoms with Crippen LogP contribution in [0.2, 0.25) is 5.02 Å². The molecule has 1 amide bonds. The summed E-state index contributed by atoms with van der Waals surface area (Å²) in [5.74, 6) is 1.15. The highest BCUT2D eigenvalue weighted by Gasteiger charge is 2.08. The van der Waals surface area contributed by atoms with Crippen molar-refractivity contribution in [2.45, 2.75) is 25.1 Å². The van der Waals surface area contributed by atoms with Crippen molar-refractivity contribution in [2.75, 3.05) is 12.4 Å². The van der Waals surface area contributed by atoms with Crippen LogP contribution in [-0.4, -0.2) is 29.4 Å². The van der Waals surface area contributed by atoms with Gasteiger partial charge in [0.1, 0.15) is 0 Å². The van der Waals surface area contributed by atoms with Gasteiger partial charge in [-0.1, -0.05) is 30.7 Å². The Morgan fingerprint density at radius 1 is 1.44 bits per heavy atom. The summed E-state index contributed by atoms with van der Waals surface area (Å²) < 4.78 is 0. The molecule has 0 aliphatic carbocycles. The number of hydrogen-bond acceptors (Lipinski definition) is 3. The zero-order valence-electron chi connectivity index (χ0n) is 10.4. The number of carbonyl (C=O) groups excluding carboxylic acids is 1. The Hall–Kier alpha value is -0.710. The van der Waals surface area contributed by atoms with Crippen LogP contribution in [0.1, 0.15) is 18.9 Å². The average Bonchev–Trinajstić information content (AvgIpc) is 2.38. The maximum absolute atomic E-state index is 11.6. The van der Waals surface area contributed by atoms with E-state index in [1.54, 1.807) is 11.8 Å². The first kappa shape index (κ1) is 15.3. The minimum Gasteiger partial charge on any atom is -0.394 e. The summed E-state index contributed by atoms with van der Waals surface area (Å²) >= 11 is 7.34. The van der Waals surface area contributed by atoms with Gasteiger partial charge in [0.2, 0.25) is 5.91 Å². The number of amides is 1. The first-order valence-electron chi connectivity index (χ1n) is 5.88. The Kier molecular flexibility index (Phi) is 7.16. The van der Waals surface area contributed by atoms with Crippen LogP contribution in [-0.2, 0) is 10.5 Å². The monoisotopic (exact) mass is 287 g/mol. The number of thioether (sulfide) groups is 1. The molecule has 0 radical (unpaired) electrons. The summed E-state index contributed by atoms with van der Waals surface area (Å²) in [5.41, 5.74) is 1.14. The van der Waals surface area contributed by atoms with Gasteiger partial charge < -0.3 is 10.4 Å². The van der Waals surface area contributed by atoms with Gasteiger partial charge in [0.05, 0.1) is 18.4 Å². The molecule has 1 aromatic rings. The zero-order valence-corrected chi connectivity index (χ0v) is 11.9. The van der Waals surface area contributed by atoms with Gasteiger partial charge >= 0.3 is 0 Å². The van der Waals surface area contributed by atoms with E-state index in [1.807, 2.05) is 31.2 Å². The molecule has 18 heavy (non-hydrogen) atoms. The molecule has 0 aliphatic heterocycles. The predicted octanol–water partition coefficient (Wildman–Crippen LogP) is 2.46. The number of nitrogens with one attached hydrogen (secondary N) is 1. The van der Waals surface area contributed by atoms with E-state index in [9.17, 15) is 4.79 Å². The highest BCUT2D eigenvalue weighted by atomic mass is 35.5. The van der Waals surface area contributed by atoms with Crippen LogP contribution in [0.25, 0.3) is 0 Å². The second-order valence-corrected chi connectivity index (χ2v) is 5.40. The maximum atomic E-state index is 11.6. The lowest BCUT2D eigenvalue weighted by Crippen LogP contribution is -2.37. The fourth-order valence-corrected chi connectivity index (χ4v) is 2.31. The van der Waals surface area contributed by atoms with Gasteiger partial charge in [-0.3, -0.25) is 4.79 Å². The molecule has 0 spiro atoms. The maximum Gasteiger partial charge on any atom is 0.230 e. The standard InChI is InChI=1S/C13H18ClNO2S/c1-2-12(7-16)15-13(17)9-18-8-10-3-5-11(14)6-4-10/h3-6,12,16H,2,7-9H2,1H3,(H,15,17)/t12-/m0/s1. The third kappa shape index (κ3) is 5.76. The normalized spacial score (nSPS) is 12.2. The highest BCUT2D eigenvalue weighted by Crippen LogP contribution is 2.15. The average molecular weight is 288 g/mol. The lowest BCUT2D eigenvalue weighted by atomic mass is 10.2. The third-order valence-corrected chi connectivity index (χ3v) is 3.75. The van der Waals surface area contributed by atoms with E-state index in [0.717, 1.165) is 22.8 Å². The van der Waals surface area contributed by atoms with E-state index in [4.69, 9.17) is 16.7 Å². The van der Waals surface area contributed by atoms with Gasteiger partial charge in [0.25, 0.3) is 0 Å². The first-order chi connectivity index (χ1) is 8.65. The third-order valence-electron chi connectivity index (χ3n) is 2.49. The summed E-state index contributed by atoms with van der Waals surface area (Å²) in [5, 5.41) is 12.5. The SMILES string of the molecule is CC[C@@H](CO)NC(=O)CSCc1ccc(Cl)cc1. The van der Waals surface area contributed by atoms with Crippen molar-refractivity contribution in [2.24, 2.45) is 0 Å². The molecule has 1 aromatic carbocycles. The van der Waals surface area contributed by atoms with Crippen LogP contribution in [0.4, 0.5) is 0 Å². The van der Waals surface area contributed by atoms with Crippen molar-refractivity contribution in [3.63, 3.8) is 0 Å². The van der Waals surface area contributed by atoms with Crippen LogP contribution in [0.3, 0.4) is 0 Å². The topological polar surface area (TPSA) is 49.3 Å². The van der Waals surface area contributed by atoms with E-state index >= 15 is 0 Å². The lowest BCUT2D eigenvalue weighted by Gasteiger charge is -2.13. The molecule has 1 rings (SSSR count). The largest absolute Gasteiger partial charge is 0.394 e. The van der Waals surface area contributed by atoms with Gasteiger partial charge in [-0.2, -0.15) is 0 Å². The van der Waals surface area contributed by atoms with Crippen molar-refractivity contribution < 1.29 is 9.90 Å². The van der Waals surface area contributed by atoms with Crippen molar-refractivity contribution in [3.05, 3.63) is 34.9 Å². The van der Waals surface area contributed by atoms with E-state index in [0.29, 0.717) is 5.75 Å². The molecule has 1 atom stereocenters. The fourth-order valence-electron chi connectivity index (χ4n) is 1.39. The van der Waals surface area contributed by atoms with Crippen LogP contribution in [0, 0.1) is 0 Å². The quantitative estimate of drug-likeness (QED) is 0.810. The molecular weight excluding hydrogens is 270 g/mol. The lowest BCUT2D eigenvalue weighted by molar-refractivity contribution is -0.119. The van der Waals surface area contributed by atoms with Crippen LogP contribution < -0.4 is 5.32 Å². The Morgan fingerprint density at radius 2 is 2.11 bits per heavy atom. The summed E-state index contributed by atoms with van der Waals surface area (Å²) in [6, 6.07) is 7.46. The van der Waals surface area contributed by atoms with Crippen molar-refractivity contribution in [1.29, 1.82) is 0 Å². The molecule has 0 fully saturated rings. The van der Waals surface area contributed by atoms with E-state index < -0.39 is 0 Å². The Labute approximate surface area is 117 Å². The summed E-state index contributed by atoms with van der Waals surface area (Å²) in [7, 11) is 0. The molecular formula is C13H18ClNO2S. The predicted molar refractivity (Wildman–Crippen MR) is 76.9 cm³/mol. The van der Waals surface area contributed by atoms with E-state index in [1.165, 1.54) is 0 Å². The minimum absolute atomic E-state index is 0.00983. The molecule has 0 saturated carbocycles. The second kappa shape index (κ2) is 8.40. The van der Waals surface area contributed by atoms with Gasteiger partial charge in [0.15, 0.2) is 0 Å². The number of rotatable bonds is 7. The zero-order chi connectivity index (χ0) is 13.4. The second-order valence-electron chi connectivity index (χ2n) is 3.97. The molecule has 3 nitrogen and oxygen atoms in total. The molecule has 0 bridgehead atoms. The summed E-state index contributed by atoms with van der Waals surface area (Å²) in [6.07, 6.45) is 0.740. The van der Waals surface area contributed by atoms with Crippen molar-refractivity contribution in [3.8, 4) is 0 Å². The van der Waals surface area contributed by atoms with Gasteiger partial charge in [-0.15, -0.1) is 11.8 Å². The first-order valence-corrected chi connectivity index (χ1v) is 7.41. The number of aliphatic hydroxyl groups is 1. The Morgan fingerprint density at radius 3 is 2.67 bits per heavy atom. The van der Waals surface area contributed by atoms with E-state index in [2.05, 4.69) is 5.32 Å². The van der Waals surface area contributed by atoms with Gasteiger partial charge in [-0.25, -0.2) is 0 Å². The van der Waals surface area contributed by atoms with Crippen molar-refractivity contribution in [1.82, 2.24) is 5.32 Å². The summed E-state index contributed by atoms with van der Waals surface area (Å²) in [4.78, 5) is 11.6. The van der Waals surface area contributed by atoms with Crippen LogP contribution >= 0.6 is 23.4 Å². The smallest absolute Gasteiger partial charge is 0.230 e. The molecule has 0 heterocycles. The van der Waals surface area contributed by atoms with Crippen LogP contribution in [0.15, 0.2) is 24.3 Å². The van der Waals surface area contributed by atoms with E-state index in [-0.39, 0.29) is 18.6 Å². The van der Waals surface area contributed by atoms with Gasteiger partial charge in [0, 0.05) is 10.8 Å². The van der Waals surface area contributed by atoms with Crippen LogP contribution in [0.5, 0.6) is 0 Å². The summed E-state index contributed by atoms with van der Waals surface area (Å²) in [6.45, 7) is 1.92. The number of benzene rings is 1. The molecule has 100 valence electrons. The molecule has 0 aromatic heterocycles. The Bertz CT molecular complexity index is 366. The van der Waals surface area contributed by atoms with Gasteiger partial charge in [-0.05, 0) is 24.1 Å². The molecule has 0 aliphatic rings.